The third-order valence-electron chi connectivity index (χ3n) is 1.60. The quantitative estimate of drug-likeness (QED) is 0.197. The number of carbonyl (C=O) groups is 3. The van der Waals surface area contributed by atoms with Crippen LogP contribution in [0.15, 0.2) is 12.7 Å². The number of hydrogen-bond donors (Lipinski definition) is 2. The van der Waals surface area contributed by atoms with Crippen LogP contribution in [0.4, 0.5) is 0 Å². The van der Waals surface area contributed by atoms with Crippen molar-refractivity contribution >= 4 is 17.9 Å². The highest BCUT2D eigenvalue weighted by molar-refractivity contribution is 5.92. The molecule has 0 fully saturated rings. The molecule has 0 atom stereocenters. The molecule has 7 heteroatoms. The number of ether oxygens (including phenoxy) is 2. The van der Waals surface area contributed by atoms with Gasteiger partial charge in [-0.2, -0.15) is 0 Å². The van der Waals surface area contributed by atoms with Crippen molar-refractivity contribution in [1.82, 2.24) is 0 Å². The van der Waals surface area contributed by atoms with Crippen LogP contribution in [0.1, 0.15) is 6.42 Å². The Kier molecular flexibility index (Phi) is 6.53. The summed E-state index contributed by atoms with van der Waals surface area (Å²) in [6.07, 6.45) is 0.747. The Bertz CT molecular complexity index is 270. The van der Waals surface area contributed by atoms with Gasteiger partial charge in [0.15, 0.2) is 12.7 Å². The number of esters is 1. The molecule has 0 heterocycles. The lowest BCUT2D eigenvalue weighted by molar-refractivity contribution is -0.159. The number of hydrogen-bond acceptors (Lipinski definition) is 5. The molecule has 0 aromatic heterocycles. The van der Waals surface area contributed by atoms with Crippen molar-refractivity contribution in [2.75, 3.05) is 13.4 Å². The van der Waals surface area contributed by atoms with Crippen LogP contribution in [-0.2, 0) is 23.9 Å². The Morgan fingerprint density at radius 3 is 2.25 bits per heavy atom. The number of carbonyl (C=O) groups excluding carboxylic acids is 1. The van der Waals surface area contributed by atoms with E-state index in [2.05, 4.69) is 11.3 Å². The van der Waals surface area contributed by atoms with Crippen molar-refractivity contribution in [3.63, 3.8) is 0 Å². The van der Waals surface area contributed by atoms with Gasteiger partial charge >= 0.3 is 17.9 Å². The van der Waals surface area contributed by atoms with Gasteiger partial charge in [-0.1, -0.05) is 6.58 Å². The number of carboxylic acids is 2. The van der Waals surface area contributed by atoms with Gasteiger partial charge in [0.2, 0.25) is 0 Å². The third kappa shape index (κ3) is 5.76. The highest BCUT2D eigenvalue weighted by Gasteiger charge is 2.25. The number of aliphatic carboxylic acids is 2. The fourth-order valence-corrected chi connectivity index (χ4v) is 0.771. The van der Waals surface area contributed by atoms with Crippen molar-refractivity contribution in [3.05, 3.63) is 12.7 Å². The molecule has 0 aliphatic rings. The summed E-state index contributed by atoms with van der Waals surface area (Å²) in [5, 5.41) is 17.0. The largest absolute Gasteiger partial charge is 0.481 e. The molecule has 0 aromatic rings. The molecule has 0 radical (unpaired) electrons. The zero-order chi connectivity index (χ0) is 12.6. The minimum atomic E-state index is -1.52. The van der Waals surface area contributed by atoms with Crippen LogP contribution in [0.3, 0.4) is 0 Å². The summed E-state index contributed by atoms with van der Waals surface area (Å²) in [6.45, 7) is 2.65. The first-order chi connectivity index (χ1) is 7.49. The maximum atomic E-state index is 10.5. The zero-order valence-corrected chi connectivity index (χ0v) is 8.42. The van der Waals surface area contributed by atoms with Gasteiger partial charge in [0.1, 0.15) is 0 Å². The highest BCUT2D eigenvalue weighted by Crippen LogP contribution is 2.03. The smallest absolute Gasteiger partial charge is 0.332 e. The van der Waals surface area contributed by atoms with Gasteiger partial charge < -0.3 is 19.7 Å². The van der Waals surface area contributed by atoms with Gasteiger partial charge in [0, 0.05) is 6.08 Å². The second kappa shape index (κ2) is 7.41. The first-order valence-electron chi connectivity index (χ1n) is 4.31. The molecule has 2 N–H and O–H groups in total. The summed E-state index contributed by atoms with van der Waals surface area (Å²) in [6, 6.07) is 0. The Morgan fingerprint density at radius 1 is 1.25 bits per heavy atom. The van der Waals surface area contributed by atoms with Crippen LogP contribution in [0.5, 0.6) is 0 Å². The van der Waals surface area contributed by atoms with E-state index in [1.165, 1.54) is 0 Å². The van der Waals surface area contributed by atoms with Gasteiger partial charge in [-0.15, -0.1) is 0 Å². The van der Waals surface area contributed by atoms with Crippen molar-refractivity contribution in [1.29, 1.82) is 0 Å². The molecule has 0 aliphatic heterocycles. The van der Waals surface area contributed by atoms with Gasteiger partial charge in [-0.05, 0) is 6.42 Å². The van der Waals surface area contributed by atoms with E-state index in [-0.39, 0.29) is 19.8 Å². The van der Waals surface area contributed by atoms with Crippen LogP contribution in [-0.4, -0.2) is 41.5 Å². The molecule has 90 valence electrons. The van der Waals surface area contributed by atoms with Crippen LogP contribution >= 0.6 is 0 Å². The van der Waals surface area contributed by atoms with Gasteiger partial charge in [0.25, 0.3) is 0 Å². The lowest BCUT2D eigenvalue weighted by Crippen LogP contribution is -2.25. The maximum absolute atomic E-state index is 10.5. The Balaban J connectivity index is 3.71. The average molecular weight is 232 g/mol. The molecule has 0 saturated carbocycles. The van der Waals surface area contributed by atoms with E-state index in [4.69, 9.17) is 14.9 Å². The van der Waals surface area contributed by atoms with Crippen LogP contribution < -0.4 is 0 Å². The number of carboxylic acid groups (broad SMARTS) is 2. The summed E-state index contributed by atoms with van der Waals surface area (Å²) >= 11 is 0. The normalized spacial score (nSPS) is 9.81. The summed E-state index contributed by atoms with van der Waals surface area (Å²) in [5.74, 6) is -5.05. The second-order valence-electron chi connectivity index (χ2n) is 2.71. The third-order valence-corrected chi connectivity index (χ3v) is 1.60. The second-order valence-corrected chi connectivity index (χ2v) is 2.71. The summed E-state index contributed by atoms with van der Waals surface area (Å²) < 4.78 is 9.14. The molecule has 0 saturated heterocycles. The molecule has 0 unspecified atom stereocenters. The fraction of sp³-hybridized carbons (Fsp3) is 0.444. The van der Waals surface area contributed by atoms with Crippen molar-refractivity contribution in [3.8, 4) is 0 Å². The molecule has 0 bridgehead atoms. The minimum Gasteiger partial charge on any atom is -0.481 e. The highest BCUT2D eigenvalue weighted by atomic mass is 16.7. The summed E-state index contributed by atoms with van der Waals surface area (Å²) in [5.41, 5.74) is 0. The van der Waals surface area contributed by atoms with E-state index < -0.39 is 23.8 Å². The Hall–Kier alpha value is -1.89. The van der Waals surface area contributed by atoms with E-state index >= 15 is 0 Å². The van der Waals surface area contributed by atoms with Crippen LogP contribution in [0.25, 0.3) is 0 Å². The Morgan fingerprint density at radius 2 is 1.81 bits per heavy atom. The number of rotatable bonds is 8. The van der Waals surface area contributed by atoms with Gasteiger partial charge in [-0.3, -0.25) is 9.59 Å². The van der Waals surface area contributed by atoms with E-state index in [9.17, 15) is 14.4 Å². The monoisotopic (exact) mass is 232 g/mol. The predicted octanol–water partition coefficient (Wildman–Crippen LogP) is -0.135. The molecule has 0 amide bonds. The minimum absolute atomic E-state index is 0.131. The lowest BCUT2D eigenvalue weighted by Gasteiger charge is -2.07. The van der Waals surface area contributed by atoms with Crippen LogP contribution in [0.2, 0.25) is 0 Å². The van der Waals surface area contributed by atoms with E-state index in [0.29, 0.717) is 0 Å². The molecule has 0 aliphatic carbocycles. The predicted molar refractivity (Wildman–Crippen MR) is 50.5 cm³/mol. The molecular weight excluding hydrogens is 220 g/mol. The fourth-order valence-electron chi connectivity index (χ4n) is 0.771. The average Bonchev–Trinajstić information content (AvgIpc) is 2.21. The van der Waals surface area contributed by atoms with E-state index in [1.54, 1.807) is 0 Å². The van der Waals surface area contributed by atoms with E-state index in [0.717, 1.165) is 6.08 Å². The molecule has 0 aromatic carbocycles. The molecule has 7 nitrogen and oxygen atoms in total. The molecule has 0 rings (SSSR count). The molecule has 16 heavy (non-hydrogen) atoms. The van der Waals surface area contributed by atoms with Gasteiger partial charge in [0.05, 0.1) is 6.61 Å². The maximum Gasteiger partial charge on any atom is 0.332 e. The summed E-state index contributed by atoms with van der Waals surface area (Å²) in [7, 11) is 0. The van der Waals surface area contributed by atoms with Crippen molar-refractivity contribution < 1.29 is 34.1 Å². The SMILES string of the molecule is C=CC(=O)OCOCCC(C(=O)O)C(=O)O. The topological polar surface area (TPSA) is 110 Å². The Labute approximate surface area is 91.3 Å². The summed E-state index contributed by atoms with van der Waals surface area (Å²) in [4.78, 5) is 31.4. The lowest BCUT2D eigenvalue weighted by atomic mass is 10.1. The van der Waals surface area contributed by atoms with Crippen molar-refractivity contribution in [2.24, 2.45) is 5.92 Å². The van der Waals surface area contributed by atoms with E-state index in [1.807, 2.05) is 0 Å². The first kappa shape index (κ1) is 14.1. The van der Waals surface area contributed by atoms with Crippen LogP contribution in [0, 0.1) is 5.92 Å². The van der Waals surface area contributed by atoms with Crippen molar-refractivity contribution in [2.45, 2.75) is 6.42 Å². The molecular formula is C9H12O7. The first-order valence-corrected chi connectivity index (χ1v) is 4.31. The van der Waals surface area contributed by atoms with Gasteiger partial charge in [-0.25, -0.2) is 4.79 Å². The zero-order valence-electron chi connectivity index (χ0n) is 8.42. The molecule has 0 spiro atoms. The standard InChI is InChI=1S/C9H12O7/c1-2-7(10)16-5-15-4-3-6(8(11)12)9(13)14/h2,6H,1,3-5H2,(H,11,12)(H,13,14).